The molecule has 1 rings (SSSR count). The molecule has 1 fully saturated rings. The van der Waals surface area contributed by atoms with Crippen LogP contribution in [0.2, 0.25) is 0 Å². The molecule has 0 bridgehead atoms. The minimum absolute atomic E-state index is 0.0340. The second kappa shape index (κ2) is 7.53. The van der Waals surface area contributed by atoms with E-state index in [0.29, 0.717) is 25.1 Å². The minimum Gasteiger partial charge on any atom is -0.480 e. The molecule has 2 unspecified atom stereocenters. The maximum Gasteiger partial charge on any atom is 0.326 e. The predicted molar refractivity (Wildman–Crippen MR) is 73.9 cm³/mol. The van der Waals surface area contributed by atoms with Crippen LogP contribution in [0.15, 0.2) is 0 Å². The van der Waals surface area contributed by atoms with Crippen molar-refractivity contribution in [3.63, 3.8) is 0 Å². The highest BCUT2D eigenvalue weighted by Gasteiger charge is 2.37. The number of hydrogen-bond donors (Lipinski definition) is 1. The summed E-state index contributed by atoms with van der Waals surface area (Å²) in [7, 11) is 0. The number of carbonyl (C=O) groups excluding carboxylic acids is 2. The second-order valence-corrected chi connectivity index (χ2v) is 6.11. The summed E-state index contributed by atoms with van der Waals surface area (Å²) in [6.07, 6.45) is 2.57. The van der Waals surface area contributed by atoms with Crippen molar-refractivity contribution in [3.05, 3.63) is 0 Å². The lowest BCUT2D eigenvalue weighted by molar-refractivity contribution is -0.148. The monoisotopic (exact) mass is 287 g/mol. The van der Waals surface area contributed by atoms with Crippen LogP contribution in [0.3, 0.4) is 0 Å². The topological polar surface area (TPSA) is 74.7 Å². The molecule has 0 saturated carbocycles. The minimum atomic E-state index is -0.929. The third-order valence-electron chi connectivity index (χ3n) is 3.25. The zero-order valence-corrected chi connectivity index (χ0v) is 12.2. The fourth-order valence-corrected chi connectivity index (χ4v) is 2.96. The molecule has 19 heavy (non-hydrogen) atoms. The predicted octanol–water partition coefficient (Wildman–Crippen LogP) is 1.76. The van der Waals surface area contributed by atoms with Crippen LogP contribution in [0, 0.1) is 5.92 Å². The van der Waals surface area contributed by atoms with Gasteiger partial charge in [-0.15, -0.1) is 0 Å². The van der Waals surface area contributed by atoms with Crippen molar-refractivity contribution in [1.29, 1.82) is 0 Å². The summed E-state index contributed by atoms with van der Waals surface area (Å²) in [5.74, 6) is -0.346. The standard InChI is InChI=1S/C13H21NO4S/c1-3-4-5-11(13(17)18)14-7-10(6-12(14)16)8-19-9(2)15/h10-11H,3-8H2,1-2H3,(H,17,18). The van der Waals surface area contributed by atoms with E-state index in [2.05, 4.69) is 0 Å². The van der Waals surface area contributed by atoms with Gasteiger partial charge in [0.15, 0.2) is 5.12 Å². The van der Waals surface area contributed by atoms with E-state index in [1.165, 1.54) is 23.6 Å². The Labute approximate surface area is 117 Å². The van der Waals surface area contributed by atoms with Crippen LogP contribution in [0.1, 0.15) is 39.5 Å². The van der Waals surface area contributed by atoms with E-state index in [0.717, 1.165) is 12.8 Å². The summed E-state index contributed by atoms with van der Waals surface area (Å²) in [4.78, 5) is 35.6. The Hall–Kier alpha value is -1.04. The van der Waals surface area contributed by atoms with Crippen LogP contribution in [0.4, 0.5) is 0 Å². The zero-order valence-electron chi connectivity index (χ0n) is 11.4. The highest BCUT2D eigenvalue weighted by atomic mass is 32.2. The van der Waals surface area contributed by atoms with Gasteiger partial charge < -0.3 is 10.0 Å². The summed E-state index contributed by atoms with van der Waals surface area (Å²) in [6, 6.07) is -0.709. The lowest BCUT2D eigenvalue weighted by Crippen LogP contribution is -2.42. The van der Waals surface area contributed by atoms with Gasteiger partial charge in [0.05, 0.1) is 0 Å². The normalized spacial score (nSPS) is 20.6. The molecule has 0 aromatic heterocycles. The van der Waals surface area contributed by atoms with E-state index in [1.54, 1.807) is 0 Å². The molecule has 2 atom stereocenters. The molecule has 0 radical (unpaired) electrons. The highest BCUT2D eigenvalue weighted by Crippen LogP contribution is 2.25. The number of nitrogens with zero attached hydrogens (tertiary/aromatic N) is 1. The summed E-state index contributed by atoms with van der Waals surface area (Å²) in [6.45, 7) is 3.96. The van der Waals surface area contributed by atoms with E-state index in [4.69, 9.17) is 0 Å². The van der Waals surface area contributed by atoms with Crippen LogP contribution in [0.5, 0.6) is 0 Å². The van der Waals surface area contributed by atoms with E-state index < -0.39 is 12.0 Å². The largest absolute Gasteiger partial charge is 0.480 e. The van der Waals surface area contributed by atoms with Crippen LogP contribution in [-0.4, -0.2) is 45.3 Å². The van der Waals surface area contributed by atoms with Crippen LogP contribution >= 0.6 is 11.8 Å². The molecule has 1 amide bonds. The van der Waals surface area contributed by atoms with Crippen LogP contribution in [-0.2, 0) is 14.4 Å². The van der Waals surface area contributed by atoms with Crippen molar-refractivity contribution in [3.8, 4) is 0 Å². The molecule has 108 valence electrons. The first-order valence-electron chi connectivity index (χ1n) is 6.61. The molecule has 1 aliphatic heterocycles. The molecular formula is C13H21NO4S. The number of carboxylic acids is 1. The fraction of sp³-hybridized carbons (Fsp3) is 0.769. The van der Waals surface area contributed by atoms with Crippen molar-refractivity contribution in [2.24, 2.45) is 5.92 Å². The van der Waals surface area contributed by atoms with E-state index in [-0.39, 0.29) is 16.9 Å². The van der Waals surface area contributed by atoms with E-state index >= 15 is 0 Å². The molecule has 6 heteroatoms. The maximum atomic E-state index is 11.9. The quantitative estimate of drug-likeness (QED) is 0.772. The Kier molecular flexibility index (Phi) is 6.34. The second-order valence-electron chi connectivity index (χ2n) is 4.92. The summed E-state index contributed by atoms with van der Waals surface area (Å²) < 4.78 is 0. The third kappa shape index (κ3) is 4.86. The zero-order chi connectivity index (χ0) is 14.4. The molecule has 1 aliphatic rings. The Bertz CT molecular complexity index is 359. The summed E-state index contributed by atoms with van der Waals surface area (Å²) in [5, 5.41) is 9.26. The number of likely N-dealkylation sites (tertiary alicyclic amines) is 1. The van der Waals surface area contributed by atoms with Gasteiger partial charge in [-0.2, -0.15) is 0 Å². The Morgan fingerprint density at radius 1 is 1.53 bits per heavy atom. The molecule has 0 aromatic carbocycles. The number of aliphatic carboxylic acids is 1. The first-order valence-corrected chi connectivity index (χ1v) is 7.59. The summed E-state index contributed by atoms with van der Waals surface area (Å²) in [5.41, 5.74) is 0. The third-order valence-corrected chi connectivity index (χ3v) is 4.30. The van der Waals surface area contributed by atoms with Crippen molar-refractivity contribution < 1.29 is 19.5 Å². The van der Waals surface area contributed by atoms with Crippen molar-refractivity contribution in [2.75, 3.05) is 12.3 Å². The lowest BCUT2D eigenvalue weighted by Gasteiger charge is -2.24. The molecule has 1 heterocycles. The Morgan fingerprint density at radius 2 is 2.21 bits per heavy atom. The van der Waals surface area contributed by atoms with Gasteiger partial charge in [-0.3, -0.25) is 9.59 Å². The van der Waals surface area contributed by atoms with Gasteiger partial charge in [0, 0.05) is 25.6 Å². The average Bonchev–Trinajstić information content (AvgIpc) is 2.68. The van der Waals surface area contributed by atoms with Gasteiger partial charge >= 0.3 is 5.97 Å². The molecule has 1 saturated heterocycles. The first-order chi connectivity index (χ1) is 8.95. The van der Waals surface area contributed by atoms with Crippen LogP contribution < -0.4 is 0 Å². The fourth-order valence-electron chi connectivity index (χ4n) is 2.27. The SMILES string of the molecule is CCCCC(C(=O)O)N1CC(CSC(C)=O)CC1=O. The Balaban J connectivity index is 2.58. The first kappa shape index (κ1) is 16.0. The van der Waals surface area contributed by atoms with E-state index in [1.807, 2.05) is 6.92 Å². The highest BCUT2D eigenvalue weighted by molar-refractivity contribution is 8.13. The summed E-state index contributed by atoms with van der Waals surface area (Å²) >= 11 is 1.21. The number of carbonyl (C=O) groups is 3. The number of thioether (sulfide) groups is 1. The number of rotatable bonds is 7. The van der Waals surface area contributed by atoms with Crippen molar-refractivity contribution >= 4 is 28.8 Å². The van der Waals surface area contributed by atoms with Crippen LogP contribution in [0.25, 0.3) is 0 Å². The van der Waals surface area contributed by atoms with Crippen molar-refractivity contribution in [1.82, 2.24) is 4.90 Å². The molecule has 0 aromatic rings. The number of carboxylic acid groups (broad SMARTS) is 1. The molecule has 0 aliphatic carbocycles. The van der Waals surface area contributed by atoms with Gasteiger partial charge in [0.2, 0.25) is 5.91 Å². The average molecular weight is 287 g/mol. The molecule has 1 N–H and O–H groups in total. The van der Waals surface area contributed by atoms with Gasteiger partial charge in [0.1, 0.15) is 6.04 Å². The van der Waals surface area contributed by atoms with Gasteiger partial charge in [-0.25, -0.2) is 4.79 Å². The number of hydrogen-bond acceptors (Lipinski definition) is 4. The lowest BCUT2D eigenvalue weighted by atomic mass is 10.1. The van der Waals surface area contributed by atoms with Crippen molar-refractivity contribution in [2.45, 2.75) is 45.6 Å². The number of amides is 1. The molecule has 0 spiro atoms. The smallest absolute Gasteiger partial charge is 0.326 e. The molecular weight excluding hydrogens is 266 g/mol. The Morgan fingerprint density at radius 3 is 2.74 bits per heavy atom. The molecule has 5 nitrogen and oxygen atoms in total. The van der Waals surface area contributed by atoms with Gasteiger partial charge in [0.25, 0.3) is 0 Å². The van der Waals surface area contributed by atoms with Gasteiger partial charge in [-0.1, -0.05) is 31.5 Å². The van der Waals surface area contributed by atoms with E-state index in [9.17, 15) is 19.5 Å². The van der Waals surface area contributed by atoms with Gasteiger partial charge in [-0.05, 0) is 12.3 Å². The number of unbranched alkanes of at least 4 members (excludes halogenated alkanes) is 1. The maximum absolute atomic E-state index is 11.9.